The first-order valence-electron chi connectivity index (χ1n) is 6.51. The summed E-state index contributed by atoms with van der Waals surface area (Å²) in [6.45, 7) is 4.57. The summed E-state index contributed by atoms with van der Waals surface area (Å²) in [6.07, 6.45) is 0.905. The Hall–Kier alpha value is -1.82. The molecule has 2 aromatic rings. The van der Waals surface area contributed by atoms with E-state index in [1.807, 2.05) is 19.2 Å². The molecule has 0 saturated carbocycles. The SMILES string of the molecule is CNc1nnc(COc2cccc3c2OC(C)(C)C3)s1. The molecule has 0 radical (unpaired) electrons. The van der Waals surface area contributed by atoms with Crippen LogP contribution in [0, 0.1) is 0 Å². The summed E-state index contributed by atoms with van der Waals surface area (Å²) >= 11 is 1.49. The fourth-order valence-corrected chi connectivity index (χ4v) is 2.86. The highest BCUT2D eigenvalue weighted by Gasteiger charge is 2.32. The van der Waals surface area contributed by atoms with Crippen LogP contribution < -0.4 is 14.8 Å². The molecule has 0 bridgehead atoms. The molecule has 5 nitrogen and oxygen atoms in total. The van der Waals surface area contributed by atoms with E-state index in [-0.39, 0.29) is 5.60 Å². The molecule has 1 aromatic carbocycles. The van der Waals surface area contributed by atoms with Gasteiger partial charge in [-0.25, -0.2) is 0 Å². The van der Waals surface area contributed by atoms with E-state index in [9.17, 15) is 0 Å². The predicted octanol–water partition coefficient (Wildman–Crippen LogP) is 2.87. The number of hydrogen-bond donors (Lipinski definition) is 1. The Labute approximate surface area is 121 Å². The third-order valence-electron chi connectivity index (χ3n) is 3.09. The van der Waals surface area contributed by atoms with E-state index >= 15 is 0 Å². The van der Waals surface area contributed by atoms with E-state index in [0.29, 0.717) is 6.61 Å². The first-order valence-corrected chi connectivity index (χ1v) is 7.33. The van der Waals surface area contributed by atoms with E-state index in [4.69, 9.17) is 9.47 Å². The maximum Gasteiger partial charge on any atom is 0.205 e. The zero-order valence-corrected chi connectivity index (χ0v) is 12.6. The molecule has 0 aliphatic carbocycles. The Morgan fingerprint density at radius 2 is 2.25 bits per heavy atom. The van der Waals surface area contributed by atoms with Gasteiger partial charge < -0.3 is 14.8 Å². The van der Waals surface area contributed by atoms with Crippen LogP contribution in [-0.4, -0.2) is 22.8 Å². The number of hydrogen-bond acceptors (Lipinski definition) is 6. The van der Waals surface area contributed by atoms with Gasteiger partial charge in [0.05, 0.1) is 0 Å². The van der Waals surface area contributed by atoms with Crippen molar-refractivity contribution >= 4 is 16.5 Å². The maximum atomic E-state index is 5.97. The lowest BCUT2D eigenvalue weighted by Crippen LogP contribution is -2.24. The highest BCUT2D eigenvalue weighted by Crippen LogP contribution is 2.42. The van der Waals surface area contributed by atoms with Crippen LogP contribution >= 0.6 is 11.3 Å². The van der Waals surface area contributed by atoms with Crippen molar-refractivity contribution in [3.05, 3.63) is 28.8 Å². The van der Waals surface area contributed by atoms with Crippen LogP contribution in [-0.2, 0) is 13.0 Å². The fourth-order valence-electron chi connectivity index (χ4n) is 2.25. The molecule has 2 heterocycles. The van der Waals surface area contributed by atoms with Crippen LogP contribution in [0.4, 0.5) is 5.13 Å². The number of rotatable bonds is 4. The summed E-state index contributed by atoms with van der Waals surface area (Å²) in [5.74, 6) is 1.63. The summed E-state index contributed by atoms with van der Waals surface area (Å²) in [5, 5.41) is 12.6. The van der Waals surface area contributed by atoms with Gasteiger partial charge in [-0.3, -0.25) is 0 Å². The second-order valence-electron chi connectivity index (χ2n) is 5.32. The van der Waals surface area contributed by atoms with Crippen LogP contribution in [0.2, 0.25) is 0 Å². The lowest BCUT2D eigenvalue weighted by Gasteiger charge is -2.18. The summed E-state index contributed by atoms with van der Waals surface area (Å²) in [5.41, 5.74) is 1.03. The van der Waals surface area contributed by atoms with Gasteiger partial charge in [-0.1, -0.05) is 23.5 Å². The molecule has 1 aromatic heterocycles. The smallest absolute Gasteiger partial charge is 0.205 e. The van der Waals surface area contributed by atoms with E-state index in [1.165, 1.54) is 16.9 Å². The summed E-state index contributed by atoms with van der Waals surface area (Å²) in [4.78, 5) is 0. The van der Waals surface area contributed by atoms with Crippen molar-refractivity contribution in [1.29, 1.82) is 0 Å². The van der Waals surface area contributed by atoms with Crippen molar-refractivity contribution in [2.75, 3.05) is 12.4 Å². The van der Waals surface area contributed by atoms with Crippen LogP contribution in [0.5, 0.6) is 11.5 Å². The van der Waals surface area contributed by atoms with Gasteiger partial charge in [-0.2, -0.15) is 0 Å². The summed E-state index contributed by atoms with van der Waals surface area (Å²) < 4.78 is 11.8. The molecule has 0 saturated heterocycles. The van der Waals surface area contributed by atoms with Crippen molar-refractivity contribution in [1.82, 2.24) is 10.2 Å². The van der Waals surface area contributed by atoms with Crippen molar-refractivity contribution in [3.8, 4) is 11.5 Å². The predicted molar refractivity (Wildman–Crippen MR) is 78.6 cm³/mol. The maximum absolute atomic E-state index is 5.97. The Bertz CT molecular complexity index is 625. The average molecular weight is 291 g/mol. The van der Waals surface area contributed by atoms with Gasteiger partial charge in [-0.15, -0.1) is 10.2 Å². The number of nitrogens with zero attached hydrogens (tertiary/aromatic N) is 2. The Kier molecular flexibility index (Phi) is 3.25. The third-order valence-corrected chi connectivity index (χ3v) is 4.00. The van der Waals surface area contributed by atoms with E-state index < -0.39 is 0 Å². The third kappa shape index (κ3) is 2.56. The molecular weight excluding hydrogens is 274 g/mol. The molecule has 0 spiro atoms. The van der Waals surface area contributed by atoms with Crippen molar-refractivity contribution in [3.63, 3.8) is 0 Å². The Morgan fingerprint density at radius 1 is 1.40 bits per heavy atom. The largest absolute Gasteiger partial charge is 0.483 e. The number of fused-ring (bicyclic) bond motifs is 1. The van der Waals surface area contributed by atoms with Gasteiger partial charge in [0.15, 0.2) is 16.5 Å². The minimum Gasteiger partial charge on any atom is -0.483 e. The van der Waals surface area contributed by atoms with Gasteiger partial charge >= 0.3 is 0 Å². The lowest BCUT2D eigenvalue weighted by atomic mass is 10.0. The zero-order valence-electron chi connectivity index (χ0n) is 11.8. The number of ether oxygens (including phenoxy) is 2. The van der Waals surface area contributed by atoms with Crippen LogP contribution in [0.25, 0.3) is 0 Å². The van der Waals surface area contributed by atoms with Gasteiger partial charge in [0, 0.05) is 19.0 Å². The van der Waals surface area contributed by atoms with E-state index in [1.54, 1.807) is 0 Å². The quantitative estimate of drug-likeness (QED) is 0.938. The van der Waals surface area contributed by atoms with Gasteiger partial charge in [0.25, 0.3) is 0 Å². The number of benzene rings is 1. The average Bonchev–Trinajstić information content (AvgIpc) is 2.98. The first kappa shape index (κ1) is 13.2. The molecule has 1 aliphatic rings. The van der Waals surface area contributed by atoms with Crippen LogP contribution in [0.3, 0.4) is 0 Å². The molecule has 0 fully saturated rings. The summed E-state index contributed by atoms with van der Waals surface area (Å²) in [6, 6.07) is 6.01. The second kappa shape index (κ2) is 4.94. The fraction of sp³-hybridized carbons (Fsp3) is 0.429. The molecule has 106 valence electrons. The number of nitrogens with one attached hydrogen (secondary N) is 1. The molecule has 6 heteroatoms. The molecule has 1 aliphatic heterocycles. The minimum atomic E-state index is -0.163. The highest BCUT2D eigenvalue weighted by atomic mass is 32.1. The second-order valence-corrected chi connectivity index (χ2v) is 6.38. The van der Waals surface area contributed by atoms with Crippen LogP contribution in [0.15, 0.2) is 18.2 Å². The van der Waals surface area contributed by atoms with Crippen molar-refractivity contribution in [2.45, 2.75) is 32.5 Å². The topological polar surface area (TPSA) is 56.3 Å². The number of anilines is 1. The Morgan fingerprint density at radius 3 is 3.00 bits per heavy atom. The molecule has 3 rings (SSSR count). The van der Waals surface area contributed by atoms with Gasteiger partial charge in [0.2, 0.25) is 5.13 Å². The normalized spacial score (nSPS) is 15.6. The molecule has 20 heavy (non-hydrogen) atoms. The zero-order chi connectivity index (χ0) is 14.2. The first-order chi connectivity index (χ1) is 9.57. The molecular formula is C14H17N3O2S. The van der Waals surface area contributed by atoms with Gasteiger partial charge in [0.1, 0.15) is 12.2 Å². The Balaban J connectivity index is 1.75. The van der Waals surface area contributed by atoms with Crippen LogP contribution in [0.1, 0.15) is 24.4 Å². The van der Waals surface area contributed by atoms with E-state index in [0.717, 1.165) is 28.1 Å². The molecule has 0 unspecified atom stereocenters. The van der Waals surface area contributed by atoms with E-state index in [2.05, 4.69) is 35.4 Å². The van der Waals surface area contributed by atoms with Crippen molar-refractivity contribution < 1.29 is 9.47 Å². The van der Waals surface area contributed by atoms with Crippen molar-refractivity contribution in [2.24, 2.45) is 0 Å². The van der Waals surface area contributed by atoms with Gasteiger partial charge in [-0.05, 0) is 19.9 Å². The highest BCUT2D eigenvalue weighted by molar-refractivity contribution is 7.15. The monoisotopic (exact) mass is 291 g/mol. The standard InChI is InChI=1S/C14H17N3O2S/c1-14(2)7-9-5-4-6-10(12(9)19-14)18-8-11-16-17-13(15-3)20-11/h4-6H,7-8H2,1-3H3,(H,15,17). The minimum absolute atomic E-state index is 0.163. The number of para-hydroxylation sites is 1. The lowest BCUT2D eigenvalue weighted by molar-refractivity contribution is 0.131. The molecule has 0 atom stereocenters. The summed E-state index contributed by atoms with van der Waals surface area (Å²) in [7, 11) is 1.82. The molecule has 1 N–H and O–H groups in total. The number of aromatic nitrogens is 2. The molecule has 0 amide bonds.